The van der Waals surface area contributed by atoms with Crippen LogP contribution < -0.4 is 10.2 Å². The Morgan fingerprint density at radius 1 is 1.08 bits per heavy atom. The number of amides is 4. The third-order valence-electron chi connectivity index (χ3n) is 4.19. The first-order valence-corrected chi connectivity index (χ1v) is 8.51. The number of aryl methyl sites for hydroxylation is 1. The number of urea groups is 1. The summed E-state index contributed by atoms with van der Waals surface area (Å²) in [5, 5.41) is 3.20. The third kappa shape index (κ3) is 3.55. The SMILES string of the molecule is Cc1ccc(N2C(=O)N(CC(=O)Nc3ccc(Cl)cc3)C(=O)[C@H]2C)cc1. The van der Waals surface area contributed by atoms with Crippen LogP contribution in [0.15, 0.2) is 48.5 Å². The summed E-state index contributed by atoms with van der Waals surface area (Å²) in [4.78, 5) is 39.7. The molecule has 1 N–H and O–H groups in total. The second-order valence-corrected chi connectivity index (χ2v) is 6.58. The highest BCUT2D eigenvalue weighted by Crippen LogP contribution is 2.26. The van der Waals surface area contributed by atoms with Crippen molar-refractivity contribution in [2.75, 3.05) is 16.8 Å². The van der Waals surface area contributed by atoms with Gasteiger partial charge in [0, 0.05) is 16.4 Å². The van der Waals surface area contributed by atoms with Crippen molar-refractivity contribution in [3.05, 3.63) is 59.1 Å². The van der Waals surface area contributed by atoms with Gasteiger partial charge in [0.1, 0.15) is 12.6 Å². The van der Waals surface area contributed by atoms with Gasteiger partial charge in [-0.1, -0.05) is 29.3 Å². The number of nitrogens with zero attached hydrogens (tertiary/aromatic N) is 2. The summed E-state index contributed by atoms with van der Waals surface area (Å²) in [6, 6.07) is 12.7. The largest absolute Gasteiger partial charge is 0.332 e. The lowest BCUT2D eigenvalue weighted by atomic mass is 10.2. The van der Waals surface area contributed by atoms with Gasteiger partial charge in [-0.3, -0.25) is 19.4 Å². The second kappa shape index (κ2) is 7.17. The van der Waals surface area contributed by atoms with Crippen LogP contribution in [0.4, 0.5) is 16.2 Å². The quantitative estimate of drug-likeness (QED) is 0.837. The Morgan fingerprint density at radius 2 is 1.69 bits per heavy atom. The van der Waals surface area contributed by atoms with Gasteiger partial charge >= 0.3 is 6.03 Å². The molecule has 7 heteroatoms. The Labute approximate surface area is 156 Å². The smallest absolute Gasteiger partial charge is 0.325 e. The summed E-state index contributed by atoms with van der Waals surface area (Å²) in [5.41, 5.74) is 2.22. The number of benzene rings is 2. The maximum absolute atomic E-state index is 12.7. The Kier molecular flexibility index (Phi) is 4.95. The van der Waals surface area contributed by atoms with E-state index in [0.29, 0.717) is 16.4 Å². The molecule has 2 aromatic carbocycles. The molecule has 1 saturated heterocycles. The molecule has 6 nitrogen and oxygen atoms in total. The highest BCUT2D eigenvalue weighted by molar-refractivity contribution is 6.30. The molecule has 0 saturated carbocycles. The summed E-state index contributed by atoms with van der Waals surface area (Å²) < 4.78 is 0. The van der Waals surface area contributed by atoms with E-state index >= 15 is 0 Å². The minimum atomic E-state index is -0.659. The predicted octanol–water partition coefficient (Wildman–Crippen LogP) is 3.44. The van der Waals surface area contributed by atoms with Gasteiger partial charge in [-0.05, 0) is 50.2 Å². The average molecular weight is 372 g/mol. The maximum atomic E-state index is 12.7. The predicted molar refractivity (Wildman–Crippen MR) is 100 cm³/mol. The number of nitrogens with one attached hydrogen (secondary N) is 1. The zero-order chi connectivity index (χ0) is 18.8. The van der Waals surface area contributed by atoms with E-state index in [0.717, 1.165) is 10.5 Å². The van der Waals surface area contributed by atoms with E-state index < -0.39 is 23.9 Å². The highest BCUT2D eigenvalue weighted by Gasteiger charge is 2.43. The first kappa shape index (κ1) is 17.9. The van der Waals surface area contributed by atoms with Gasteiger partial charge in [0.25, 0.3) is 5.91 Å². The van der Waals surface area contributed by atoms with Crippen LogP contribution >= 0.6 is 11.6 Å². The number of rotatable bonds is 4. The molecule has 0 unspecified atom stereocenters. The van der Waals surface area contributed by atoms with Crippen molar-refractivity contribution in [3.8, 4) is 0 Å². The van der Waals surface area contributed by atoms with E-state index in [1.54, 1.807) is 43.3 Å². The van der Waals surface area contributed by atoms with Gasteiger partial charge < -0.3 is 5.32 Å². The fourth-order valence-electron chi connectivity index (χ4n) is 2.79. The lowest BCUT2D eigenvalue weighted by Gasteiger charge is -2.19. The fraction of sp³-hybridized carbons (Fsp3) is 0.211. The molecule has 3 rings (SSSR count). The van der Waals surface area contributed by atoms with Crippen LogP contribution in [-0.4, -0.2) is 35.3 Å². The molecule has 1 atom stereocenters. The third-order valence-corrected chi connectivity index (χ3v) is 4.44. The number of carbonyl (C=O) groups is 3. The molecule has 1 aliphatic rings. The molecule has 4 amide bonds. The molecule has 1 aliphatic heterocycles. The molecular weight excluding hydrogens is 354 g/mol. The fourth-order valence-corrected chi connectivity index (χ4v) is 2.91. The maximum Gasteiger partial charge on any atom is 0.332 e. The Balaban J connectivity index is 1.72. The average Bonchev–Trinajstić information content (AvgIpc) is 2.82. The Hall–Kier alpha value is -2.86. The van der Waals surface area contributed by atoms with E-state index in [-0.39, 0.29) is 6.54 Å². The van der Waals surface area contributed by atoms with Gasteiger partial charge in [0.05, 0.1) is 0 Å². The monoisotopic (exact) mass is 371 g/mol. The van der Waals surface area contributed by atoms with Crippen molar-refractivity contribution in [2.45, 2.75) is 19.9 Å². The summed E-state index contributed by atoms with van der Waals surface area (Å²) in [5.74, 6) is -0.853. The lowest BCUT2D eigenvalue weighted by molar-refractivity contribution is -0.130. The highest BCUT2D eigenvalue weighted by atomic mass is 35.5. The van der Waals surface area contributed by atoms with E-state index in [9.17, 15) is 14.4 Å². The first-order chi connectivity index (χ1) is 12.4. The van der Waals surface area contributed by atoms with E-state index in [2.05, 4.69) is 5.32 Å². The number of anilines is 2. The van der Waals surface area contributed by atoms with Crippen LogP contribution in [0, 0.1) is 6.92 Å². The van der Waals surface area contributed by atoms with Crippen molar-refractivity contribution in [1.29, 1.82) is 0 Å². The molecule has 0 aliphatic carbocycles. The van der Waals surface area contributed by atoms with Crippen molar-refractivity contribution in [3.63, 3.8) is 0 Å². The van der Waals surface area contributed by atoms with Gasteiger partial charge in [0.2, 0.25) is 5.91 Å². The zero-order valence-electron chi connectivity index (χ0n) is 14.4. The molecule has 0 spiro atoms. The van der Waals surface area contributed by atoms with E-state index in [1.807, 2.05) is 19.1 Å². The minimum Gasteiger partial charge on any atom is -0.325 e. The van der Waals surface area contributed by atoms with Crippen LogP contribution in [0.3, 0.4) is 0 Å². The van der Waals surface area contributed by atoms with Crippen LogP contribution in [0.2, 0.25) is 5.02 Å². The second-order valence-electron chi connectivity index (χ2n) is 6.14. The van der Waals surface area contributed by atoms with Gasteiger partial charge in [-0.2, -0.15) is 0 Å². The van der Waals surface area contributed by atoms with E-state index in [1.165, 1.54) is 4.90 Å². The number of hydrogen-bond donors (Lipinski definition) is 1. The number of halogens is 1. The molecule has 0 bridgehead atoms. The van der Waals surface area contributed by atoms with Gasteiger partial charge in [-0.25, -0.2) is 4.79 Å². The van der Waals surface area contributed by atoms with Crippen LogP contribution in [0.5, 0.6) is 0 Å². The zero-order valence-corrected chi connectivity index (χ0v) is 15.2. The molecule has 1 fully saturated rings. The van der Waals surface area contributed by atoms with Crippen LogP contribution in [-0.2, 0) is 9.59 Å². The molecule has 2 aromatic rings. The minimum absolute atomic E-state index is 0.340. The molecule has 26 heavy (non-hydrogen) atoms. The Morgan fingerprint density at radius 3 is 2.31 bits per heavy atom. The summed E-state index contributed by atoms with van der Waals surface area (Å²) in [6.07, 6.45) is 0. The van der Waals surface area contributed by atoms with E-state index in [4.69, 9.17) is 11.6 Å². The summed E-state index contributed by atoms with van der Waals surface area (Å²) >= 11 is 5.81. The first-order valence-electron chi connectivity index (χ1n) is 8.13. The molecule has 1 heterocycles. The normalized spacial score (nSPS) is 17.0. The number of imide groups is 1. The number of hydrogen-bond acceptors (Lipinski definition) is 3. The number of carbonyl (C=O) groups excluding carboxylic acids is 3. The van der Waals surface area contributed by atoms with Crippen LogP contribution in [0.1, 0.15) is 12.5 Å². The Bertz CT molecular complexity index is 849. The molecule has 134 valence electrons. The van der Waals surface area contributed by atoms with Crippen molar-refractivity contribution in [2.24, 2.45) is 0 Å². The van der Waals surface area contributed by atoms with Crippen LogP contribution in [0.25, 0.3) is 0 Å². The van der Waals surface area contributed by atoms with Crippen molar-refractivity contribution < 1.29 is 14.4 Å². The topological polar surface area (TPSA) is 69.7 Å². The van der Waals surface area contributed by atoms with Crippen molar-refractivity contribution >= 4 is 40.8 Å². The molecular formula is C19H18ClN3O3. The molecule has 0 radical (unpaired) electrons. The summed E-state index contributed by atoms with van der Waals surface area (Å²) in [6.45, 7) is 3.25. The lowest BCUT2D eigenvalue weighted by Crippen LogP contribution is -2.39. The van der Waals surface area contributed by atoms with Gasteiger partial charge in [-0.15, -0.1) is 0 Å². The summed E-state index contributed by atoms with van der Waals surface area (Å²) in [7, 11) is 0. The molecule has 0 aromatic heterocycles. The van der Waals surface area contributed by atoms with Crippen molar-refractivity contribution in [1.82, 2.24) is 4.90 Å². The standard InChI is InChI=1S/C19H18ClN3O3/c1-12-3-9-16(10-4-12)23-13(2)18(25)22(19(23)26)11-17(24)21-15-7-5-14(20)6-8-15/h3-10,13H,11H2,1-2H3,(H,21,24)/t13-/m1/s1. The van der Waals surface area contributed by atoms with Gasteiger partial charge in [0.15, 0.2) is 0 Å².